The van der Waals surface area contributed by atoms with Gasteiger partial charge in [0.25, 0.3) is 5.56 Å². The molecular weight excluding hydrogens is 278 g/mol. The molecule has 0 aliphatic carbocycles. The first-order chi connectivity index (χ1) is 9.66. The number of aromatic nitrogens is 3. The van der Waals surface area contributed by atoms with Crippen LogP contribution in [0.2, 0.25) is 5.02 Å². The van der Waals surface area contributed by atoms with Crippen LogP contribution in [0.5, 0.6) is 0 Å². The molecule has 0 radical (unpaired) electrons. The first-order valence-electron chi connectivity index (χ1n) is 5.89. The summed E-state index contributed by atoms with van der Waals surface area (Å²) in [5.74, 6) is -0.209. The molecule has 0 atom stereocenters. The van der Waals surface area contributed by atoms with Crippen LogP contribution in [0.3, 0.4) is 0 Å². The normalized spacial score (nSPS) is 12.6. The Bertz CT molecular complexity index is 962. The zero-order valence-electron chi connectivity index (χ0n) is 10.0. The van der Waals surface area contributed by atoms with Gasteiger partial charge in [0.15, 0.2) is 11.5 Å². The van der Waals surface area contributed by atoms with Gasteiger partial charge in [-0.05, 0) is 30.3 Å². The largest absolute Gasteiger partial charge is 0.285 e. The molecule has 0 fully saturated rings. The second-order valence-corrected chi connectivity index (χ2v) is 4.88. The van der Waals surface area contributed by atoms with E-state index in [-0.39, 0.29) is 22.8 Å². The summed E-state index contributed by atoms with van der Waals surface area (Å²) in [7, 11) is 0. The highest BCUT2D eigenvalue weighted by atomic mass is 35.5. The summed E-state index contributed by atoms with van der Waals surface area (Å²) < 4.78 is 1.30. The number of ketones is 1. The molecule has 0 amide bonds. The van der Waals surface area contributed by atoms with Crippen molar-refractivity contribution in [3.05, 3.63) is 63.3 Å². The average molecular weight is 284 g/mol. The summed E-state index contributed by atoms with van der Waals surface area (Å²) in [4.78, 5) is 33.1. The van der Waals surface area contributed by atoms with Gasteiger partial charge in [-0.3, -0.25) is 14.2 Å². The molecule has 1 aliphatic rings. The molecule has 6 heteroatoms. The Hall–Kier alpha value is -2.53. The zero-order valence-corrected chi connectivity index (χ0v) is 10.8. The van der Waals surface area contributed by atoms with Crippen molar-refractivity contribution in [2.24, 2.45) is 0 Å². The lowest BCUT2D eigenvalue weighted by atomic mass is 10.1. The van der Waals surface area contributed by atoms with E-state index in [2.05, 4.69) is 9.97 Å². The lowest BCUT2D eigenvalue weighted by molar-refractivity contribution is 0.103. The molecule has 0 bridgehead atoms. The summed E-state index contributed by atoms with van der Waals surface area (Å²) >= 11 is 5.95. The first-order valence-corrected chi connectivity index (χ1v) is 6.27. The number of benzene rings is 1. The molecule has 20 heavy (non-hydrogen) atoms. The molecule has 4 rings (SSSR count). The van der Waals surface area contributed by atoms with Crippen molar-refractivity contribution < 1.29 is 4.79 Å². The number of pyridine rings is 1. The second-order valence-electron chi connectivity index (χ2n) is 4.44. The smallest absolute Gasteiger partial charge is 0.267 e. The van der Waals surface area contributed by atoms with E-state index in [0.29, 0.717) is 21.7 Å². The number of hydrogen-bond donors (Lipinski definition) is 0. The summed E-state index contributed by atoms with van der Waals surface area (Å²) in [5.41, 5.74) is 0.860. The van der Waals surface area contributed by atoms with Gasteiger partial charge in [-0.1, -0.05) is 11.6 Å². The van der Waals surface area contributed by atoms with Gasteiger partial charge in [0.05, 0.1) is 16.6 Å². The molecule has 0 N–H and O–H groups in total. The highest BCUT2D eigenvalue weighted by Crippen LogP contribution is 2.28. The third kappa shape index (κ3) is 1.32. The minimum atomic E-state index is -0.313. The molecule has 0 unspecified atom stereocenters. The van der Waals surface area contributed by atoms with Gasteiger partial charge >= 0.3 is 0 Å². The molecule has 2 aromatic heterocycles. The quantitative estimate of drug-likeness (QED) is 0.495. The van der Waals surface area contributed by atoms with Crippen molar-refractivity contribution in [1.82, 2.24) is 14.5 Å². The highest BCUT2D eigenvalue weighted by molar-refractivity contribution is 6.31. The summed E-state index contributed by atoms with van der Waals surface area (Å²) in [5, 5.41) is 0.833. The van der Waals surface area contributed by atoms with E-state index in [1.54, 1.807) is 30.3 Å². The number of rotatable bonds is 0. The Morgan fingerprint density at radius 1 is 1.15 bits per heavy atom. The van der Waals surface area contributed by atoms with Crippen molar-refractivity contribution >= 4 is 28.4 Å². The van der Waals surface area contributed by atoms with Crippen LogP contribution in [0.1, 0.15) is 16.2 Å². The summed E-state index contributed by atoms with van der Waals surface area (Å²) in [6.07, 6.45) is 1.54. The Labute approximate surface area is 117 Å². The van der Waals surface area contributed by atoms with Gasteiger partial charge in [-0.25, -0.2) is 9.97 Å². The van der Waals surface area contributed by atoms with Crippen LogP contribution in [0.15, 0.2) is 41.3 Å². The van der Waals surface area contributed by atoms with Crippen molar-refractivity contribution in [3.63, 3.8) is 0 Å². The van der Waals surface area contributed by atoms with Gasteiger partial charge in [-0.2, -0.15) is 0 Å². The van der Waals surface area contributed by atoms with Crippen LogP contribution in [0.25, 0.3) is 16.7 Å². The Morgan fingerprint density at radius 2 is 2.00 bits per heavy atom. The van der Waals surface area contributed by atoms with Crippen LogP contribution >= 0.6 is 11.6 Å². The van der Waals surface area contributed by atoms with Crippen LogP contribution in [-0.2, 0) is 0 Å². The third-order valence-electron chi connectivity index (χ3n) is 3.29. The standard InChI is InChI=1S/C14H6ClN3O2/c15-7-3-4-8-10(6-7)18-13(11(8)19)17-12-9(14(18)20)2-1-5-16-12/h1-6H. The van der Waals surface area contributed by atoms with E-state index in [1.807, 2.05) is 0 Å². The van der Waals surface area contributed by atoms with Gasteiger partial charge in [0.2, 0.25) is 5.78 Å². The topological polar surface area (TPSA) is 64.8 Å². The highest BCUT2D eigenvalue weighted by Gasteiger charge is 2.30. The van der Waals surface area contributed by atoms with Crippen LogP contribution in [0.4, 0.5) is 0 Å². The van der Waals surface area contributed by atoms with Crippen LogP contribution < -0.4 is 5.56 Å². The molecule has 1 aromatic carbocycles. The van der Waals surface area contributed by atoms with Gasteiger partial charge in [0.1, 0.15) is 0 Å². The minimum Gasteiger partial charge on any atom is -0.285 e. The lowest BCUT2D eigenvalue weighted by Crippen LogP contribution is -2.21. The first kappa shape index (κ1) is 11.3. The second kappa shape index (κ2) is 3.74. The van der Waals surface area contributed by atoms with E-state index in [4.69, 9.17) is 11.6 Å². The maximum atomic E-state index is 12.5. The molecule has 0 saturated heterocycles. The van der Waals surface area contributed by atoms with Gasteiger partial charge < -0.3 is 0 Å². The number of carbonyl (C=O) groups excluding carboxylic acids is 1. The molecule has 96 valence electrons. The lowest BCUT2D eigenvalue weighted by Gasteiger charge is -2.04. The summed E-state index contributed by atoms with van der Waals surface area (Å²) in [6.45, 7) is 0. The fourth-order valence-corrected chi connectivity index (χ4v) is 2.56. The van der Waals surface area contributed by atoms with E-state index in [1.165, 1.54) is 10.8 Å². The van der Waals surface area contributed by atoms with E-state index in [9.17, 15) is 9.59 Å². The molecule has 5 nitrogen and oxygen atoms in total. The average Bonchev–Trinajstić information content (AvgIpc) is 2.72. The Morgan fingerprint density at radius 3 is 2.85 bits per heavy atom. The zero-order chi connectivity index (χ0) is 13.9. The Balaban J connectivity index is 2.21. The fraction of sp³-hybridized carbons (Fsp3) is 0. The number of fused-ring (bicyclic) bond motifs is 4. The number of halogens is 1. The van der Waals surface area contributed by atoms with Crippen molar-refractivity contribution in [1.29, 1.82) is 0 Å². The SMILES string of the molecule is O=C1c2ccc(Cl)cc2-n2c1nc1ncccc1c2=O. The molecule has 3 aromatic rings. The maximum absolute atomic E-state index is 12.5. The van der Waals surface area contributed by atoms with Crippen molar-refractivity contribution in [2.45, 2.75) is 0 Å². The predicted octanol–water partition coefficient (Wildman–Crippen LogP) is 1.98. The van der Waals surface area contributed by atoms with Crippen molar-refractivity contribution in [3.8, 4) is 5.69 Å². The molecular formula is C14H6ClN3O2. The van der Waals surface area contributed by atoms with E-state index >= 15 is 0 Å². The molecule has 1 aliphatic heterocycles. The Kier molecular flexibility index (Phi) is 2.11. The van der Waals surface area contributed by atoms with Gasteiger partial charge in [0, 0.05) is 11.2 Å². The van der Waals surface area contributed by atoms with Crippen LogP contribution in [0, 0.1) is 0 Å². The van der Waals surface area contributed by atoms with Crippen molar-refractivity contribution in [2.75, 3.05) is 0 Å². The molecule has 0 spiro atoms. The minimum absolute atomic E-state index is 0.0819. The predicted molar refractivity (Wildman–Crippen MR) is 73.6 cm³/mol. The molecule has 0 saturated carbocycles. The third-order valence-corrected chi connectivity index (χ3v) is 3.53. The molecule has 3 heterocycles. The number of carbonyl (C=O) groups is 1. The van der Waals surface area contributed by atoms with Gasteiger partial charge in [-0.15, -0.1) is 0 Å². The van der Waals surface area contributed by atoms with E-state index in [0.717, 1.165) is 0 Å². The van der Waals surface area contributed by atoms with Crippen LogP contribution in [-0.4, -0.2) is 20.3 Å². The fourth-order valence-electron chi connectivity index (χ4n) is 2.40. The maximum Gasteiger partial charge on any atom is 0.267 e. The monoisotopic (exact) mass is 283 g/mol. The number of hydrogen-bond acceptors (Lipinski definition) is 4. The summed E-state index contributed by atoms with van der Waals surface area (Å²) in [6, 6.07) is 8.11. The van der Waals surface area contributed by atoms with E-state index < -0.39 is 0 Å². The number of nitrogens with zero attached hydrogens (tertiary/aromatic N) is 3.